The third-order valence-corrected chi connectivity index (χ3v) is 3.71. The number of carbonyl (C=O) groups is 1. The van der Waals surface area contributed by atoms with Crippen LogP contribution in [0.5, 0.6) is 5.75 Å². The molecule has 25 heavy (non-hydrogen) atoms. The van der Waals surface area contributed by atoms with Crippen LogP contribution in [-0.2, 0) is 11.3 Å². The molecule has 7 nitrogen and oxygen atoms in total. The molecule has 126 valence electrons. The molecule has 2 heterocycles. The molecule has 2 aromatic carbocycles. The zero-order valence-electron chi connectivity index (χ0n) is 12.7. The first kappa shape index (κ1) is 15.3. The number of fused-ring (bicyclic) bond motifs is 1. The maximum atomic E-state index is 13.8. The fourth-order valence-corrected chi connectivity index (χ4v) is 2.54. The van der Waals surface area contributed by atoms with Gasteiger partial charge in [-0.2, -0.15) is 0 Å². The smallest absolute Gasteiger partial charge is 0.335 e. The highest BCUT2D eigenvalue weighted by atomic mass is 19.1. The van der Waals surface area contributed by atoms with E-state index in [2.05, 4.69) is 10.2 Å². The number of carboxylic acids is 1. The summed E-state index contributed by atoms with van der Waals surface area (Å²) < 4.78 is 30.0. The van der Waals surface area contributed by atoms with Crippen LogP contribution < -0.4 is 4.74 Å². The summed E-state index contributed by atoms with van der Waals surface area (Å²) in [5, 5.41) is 16.8. The number of aromatic nitrogens is 2. The molecule has 0 fully saturated rings. The maximum Gasteiger partial charge on any atom is 0.335 e. The zero-order chi connectivity index (χ0) is 17.4. The van der Waals surface area contributed by atoms with E-state index in [-0.39, 0.29) is 30.7 Å². The Morgan fingerprint density at radius 2 is 1.88 bits per heavy atom. The highest BCUT2D eigenvalue weighted by molar-refractivity contribution is 5.88. The van der Waals surface area contributed by atoms with E-state index in [9.17, 15) is 9.18 Å². The Balaban J connectivity index is 1.72. The van der Waals surface area contributed by atoms with E-state index in [1.165, 1.54) is 24.3 Å². The van der Waals surface area contributed by atoms with Gasteiger partial charge in [-0.05, 0) is 36.4 Å². The van der Waals surface area contributed by atoms with Crippen LogP contribution in [-0.4, -0.2) is 28.1 Å². The van der Waals surface area contributed by atoms with Gasteiger partial charge in [0.15, 0.2) is 6.79 Å². The van der Waals surface area contributed by atoms with Crippen molar-refractivity contribution >= 4 is 5.97 Å². The van der Waals surface area contributed by atoms with Gasteiger partial charge in [-0.15, -0.1) is 10.2 Å². The van der Waals surface area contributed by atoms with Crippen LogP contribution in [0, 0.1) is 5.82 Å². The van der Waals surface area contributed by atoms with Gasteiger partial charge >= 0.3 is 5.97 Å². The minimum Gasteiger partial charge on any atom is -0.478 e. The number of rotatable bonds is 3. The van der Waals surface area contributed by atoms with E-state index in [1.807, 2.05) is 0 Å². The van der Waals surface area contributed by atoms with Gasteiger partial charge in [-0.25, -0.2) is 9.18 Å². The lowest BCUT2D eigenvalue weighted by Gasteiger charge is -2.19. The summed E-state index contributed by atoms with van der Waals surface area (Å²) in [4.78, 5) is 10.9. The molecule has 0 unspecified atom stereocenters. The Bertz CT molecular complexity index is 952. The number of benzene rings is 2. The van der Waals surface area contributed by atoms with Crippen LogP contribution in [0.2, 0.25) is 0 Å². The molecule has 0 saturated heterocycles. The van der Waals surface area contributed by atoms with Crippen LogP contribution >= 0.6 is 0 Å². The lowest BCUT2D eigenvalue weighted by Crippen LogP contribution is -2.12. The lowest BCUT2D eigenvalue weighted by molar-refractivity contribution is -0.0162. The van der Waals surface area contributed by atoms with E-state index in [1.54, 1.807) is 12.1 Å². The molecule has 1 aliphatic heterocycles. The summed E-state index contributed by atoms with van der Waals surface area (Å²) in [7, 11) is 0. The molecule has 0 bridgehead atoms. The topological polar surface area (TPSA) is 94.7 Å². The normalized spacial score (nSPS) is 13.2. The summed E-state index contributed by atoms with van der Waals surface area (Å²) in [5.74, 6) is -0.743. The summed E-state index contributed by atoms with van der Waals surface area (Å²) in [6.45, 7) is 0.293. The van der Waals surface area contributed by atoms with Crippen molar-refractivity contribution < 1.29 is 28.2 Å². The number of halogens is 1. The van der Waals surface area contributed by atoms with Gasteiger partial charge in [0.05, 0.1) is 17.7 Å². The zero-order valence-corrected chi connectivity index (χ0v) is 12.7. The molecule has 0 aliphatic carbocycles. The molecule has 0 radical (unpaired) electrons. The van der Waals surface area contributed by atoms with E-state index in [0.717, 1.165) is 0 Å². The number of aromatic carboxylic acids is 1. The second-order valence-electron chi connectivity index (χ2n) is 5.35. The van der Waals surface area contributed by atoms with Crippen molar-refractivity contribution in [1.29, 1.82) is 0 Å². The van der Waals surface area contributed by atoms with Gasteiger partial charge in [0.1, 0.15) is 11.6 Å². The Morgan fingerprint density at radius 3 is 2.64 bits per heavy atom. The highest BCUT2D eigenvalue weighted by Crippen LogP contribution is 2.37. The molecule has 4 rings (SSSR count). The Morgan fingerprint density at radius 1 is 1.12 bits per heavy atom. The minimum atomic E-state index is -1.02. The molecule has 1 N–H and O–H groups in total. The van der Waals surface area contributed by atoms with Crippen molar-refractivity contribution in [3.63, 3.8) is 0 Å². The van der Waals surface area contributed by atoms with Gasteiger partial charge in [0.25, 0.3) is 5.89 Å². The van der Waals surface area contributed by atoms with Crippen LogP contribution in [0.25, 0.3) is 22.9 Å². The van der Waals surface area contributed by atoms with Crippen LogP contribution in [0.1, 0.15) is 15.9 Å². The third kappa shape index (κ3) is 2.83. The largest absolute Gasteiger partial charge is 0.478 e. The Kier molecular flexibility index (Phi) is 3.66. The monoisotopic (exact) mass is 342 g/mol. The van der Waals surface area contributed by atoms with E-state index in [4.69, 9.17) is 19.0 Å². The number of hydrogen-bond donors (Lipinski definition) is 1. The summed E-state index contributed by atoms with van der Waals surface area (Å²) in [6.07, 6.45) is 0. The molecule has 8 heteroatoms. The number of ether oxygens (including phenoxy) is 2. The van der Waals surface area contributed by atoms with Crippen molar-refractivity contribution in [1.82, 2.24) is 10.2 Å². The molecular weight excluding hydrogens is 331 g/mol. The minimum absolute atomic E-state index is 0.0588. The quantitative estimate of drug-likeness (QED) is 0.781. The molecular formula is C17H11FN2O5. The highest BCUT2D eigenvalue weighted by Gasteiger charge is 2.22. The summed E-state index contributed by atoms with van der Waals surface area (Å²) in [6, 6.07) is 8.59. The molecule has 3 aromatic rings. The average molecular weight is 342 g/mol. The van der Waals surface area contributed by atoms with Crippen molar-refractivity contribution in [2.75, 3.05) is 6.79 Å². The standard InChI is InChI=1S/C17H11FN2O5/c18-12-5-11-7-23-8-24-14(11)13(6-12)16-20-19-15(25-16)9-1-3-10(4-2-9)17(21)22/h1-6H,7-8H2,(H,21,22). The molecule has 0 atom stereocenters. The molecule has 1 aromatic heterocycles. The van der Waals surface area contributed by atoms with Gasteiger partial charge < -0.3 is 19.0 Å². The fourth-order valence-electron chi connectivity index (χ4n) is 2.54. The van der Waals surface area contributed by atoms with Gasteiger partial charge in [-0.1, -0.05) is 0 Å². The first-order valence-electron chi connectivity index (χ1n) is 7.32. The second-order valence-corrected chi connectivity index (χ2v) is 5.35. The van der Waals surface area contributed by atoms with E-state index in [0.29, 0.717) is 22.4 Å². The Hall–Kier alpha value is -3.26. The van der Waals surface area contributed by atoms with Crippen molar-refractivity contribution in [3.05, 3.63) is 53.3 Å². The average Bonchev–Trinajstić information content (AvgIpc) is 3.11. The van der Waals surface area contributed by atoms with E-state index >= 15 is 0 Å². The number of hydrogen-bond acceptors (Lipinski definition) is 6. The predicted molar refractivity (Wildman–Crippen MR) is 82.4 cm³/mol. The lowest BCUT2D eigenvalue weighted by atomic mass is 10.1. The SMILES string of the molecule is O=C(O)c1ccc(-c2nnc(-c3cc(F)cc4c3OCOC4)o2)cc1. The molecule has 0 amide bonds. The summed E-state index contributed by atoms with van der Waals surface area (Å²) in [5.41, 5.74) is 1.61. The number of nitrogens with zero attached hydrogens (tertiary/aromatic N) is 2. The summed E-state index contributed by atoms with van der Waals surface area (Å²) >= 11 is 0. The molecule has 1 aliphatic rings. The predicted octanol–water partition coefficient (Wildman–Crippen LogP) is 3.11. The third-order valence-electron chi connectivity index (χ3n) is 3.71. The van der Waals surface area contributed by atoms with Gasteiger partial charge in [-0.3, -0.25) is 0 Å². The van der Waals surface area contributed by atoms with Gasteiger partial charge in [0, 0.05) is 11.1 Å². The van der Waals surface area contributed by atoms with Gasteiger partial charge in [0.2, 0.25) is 5.89 Å². The van der Waals surface area contributed by atoms with Crippen molar-refractivity contribution in [2.45, 2.75) is 6.61 Å². The first-order chi connectivity index (χ1) is 12.1. The second kappa shape index (κ2) is 5.99. The van der Waals surface area contributed by atoms with Crippen molar-refractivity contribution in [2.24, 2.45) is 0 Å². The van der Waals surface area contributed by atoms with Crippen LogP contribution in [0.15, 0.2) is 40.8 Å². The molecule has 0 spiro atoms. The first-order valence-corrected chi connectivity index (χ1v) is 7.32. The maximum absolute atomic E-state index is 13.8. The molecule has 0 saturated carbocycles. The van der Waals surface area contributed by atoms with Crippen LogP contribution in [0.4, 0.5) is 4.39 Å². The van der Waals surface area contributed by atoms with Crippen LogP contribution in [0.3, 0.4) is 0 Å². The fraction of sp³-hybridized carbons (Fsp3) is 0.118. The van der Waals surface area contributed by atoms with E-state index < -0.39 is 11.8 Å². The van der Waals surface area contributed by atoms with Crippen molar-refractivity contribution in [3.8, 4) is 28.7 Å². The Labute approximate surface area is 140 Å². The number of carboxylic acid groups (broad SMARTS) is 1.